The zero-order valence-corrected chi connectivity index (χ0v) is 14.2. The summed E-state index contributed by atoms with van der Waals surface area (Å²) in [4.78, 5) is 0. The molecule has 0 aliphatic carbocycles. The van der Waals surface area contributed by atoms with Crippen LogP contribution in [0.2, 0.25) is 0 Å². The van der Waals surface area contributed by atoms with E-state index in [1.54, 1.807) is 5.56 Å². The number of benzene rings is 2. The molecule has 0 radical (unpaired) electrons. The molecule has 0 atom stereocenters. The first kappa shape index (κ1) is 15.8. The van der Waals surface area contributed by atoms with E-state index < -0.39 is 0 Å². The summed E-state index contributed by atoms with van der Waals surface area (Å²) in [5.74, 6) is 0.558. The molecule has 0 unspecified atom stereocenters. The van der Waals surface area contributed by atoms with Crippen LogP contribution in [-0.4, -0.2) is 0 Å². The molecule has 0 nitrogen and oxygen atoms in total. The van der Waals surface area contributed by atoms with E-state index in [2.05, 4.69) is 71.0 Å². The van der Waals surface area contributed by atoms with Gasteiger partial charge in [0.05, 0.1) is 0 Å². The Labute approximate surface area is 130 Å². The van der Waals surface area contributed by atoms with Crippen molar-refractivity contribution < 1.29 is 0 Å². The molecular weight excluding hydrogens is 252 g/mol. The highest BCUT2D eigenvalue weighted by Gasteiger charge is 2.12. The van der Waals surface area contributed by atoms with Gasteiger partial charge >= 0.3 is 0 Å². The molecule has 0 spiro atoms. The molecule has 0 aliphatic rings. The minimum absolute atomic E-state index is 0.558. The molecular formula is C21H28. The van der Waals surface area contributed by atoms with Crippen LogP contribution in [0.15, 0.2) is 36.4 Å². The van der Waals surface area contributed by atoms with Crippen molar-refractivity contribution in [2.75, 3.05) is 0 Å². The molecule has 0 saturated heterocycles. The van der Waals surface area contributed by atoms with Crippen LogP contribution in [0.1, 0.15) is 62.8 Å². The van der Waals surface area contributed by atoms with E-state index in [4.69, 9.17) is 0 Å². The first-order chi connectivity index (χ1) is 10.1. The normalized spacial score (nSPS) is 11.1. The minimum Gasteiger partial charge on any atom is -0.0619 e. The van der Waals surface area contributed by atoms with E-state index >= 15 is 0 Å². The maximum Gasteiger partial charge on any atom is -0.0149 e. The molecule has 0 heteroatoms. The van der Waals surface area contributed by atoms with E-state index in [1.165, 1.54) is 27.8 Å². The third kappa shape index (κ3) is 3.20. The monoisotopic (exact) mass is 280 g/mol. The fraction of sp³-hybridized carbons (Fsp3) is 0.429. The molecule has 0 aromatic heterocycles. The van der Waals surface area contributed by atoms with E-state index in [1.807, 2.05) is 0 Å². The van der Waals surface area contributed by atoms with Crippen LogP contribution < -0.4 is 0 Å². The van der Waals surface area contributed by atoms with Crippen molar-refractivity contribution in [1.82, 2.24) is 0 Å². The summed E-state index contributed by atoms with van der Waals surface area (Å²) >= 11 is 0. The molecule has 0 heterocycles. The lowest BCUT2D eigenvalue weighted by atomic mass is 9.87. The van der Waals surface area contributed by atoms with E-state index in [0.29, 0.717) is 5.92 Å². The summed E-state index contributed by atoms with van der Waals surface area (Å²) < 4.78 is 0. The van der Waals surface area contributed by atoms with Gasteiger partial charge in [0.2, 0.25) is 0 Å². The van der Waals surface area contributed by atoms with Gasteiger partial charge in [-0.05, 0) is 58.6 Å². The van der Waals surface area contributed by atoms with Crippen LogP contribution in [0.25, 0.3) is 11.1 Å². The van der Waals surface area contributed by atoms with Gasteiger partial charge in [0.1, 0.15) is 0 Å². The maximum absolute atomic E-state index is 2.42. The SMILES string of the molecule is CCc1cc(-c2ccccc2C(C)C)cc(CC)c1CC. The predicted octanol–water partition coefficient (Wildman–Crippen LogP) is 6.16. The third-order valence-electron chi connectivity index (χ3n) is 4.44. The van der Waals surface area contributed by atoms with Crippen LogP contribution in [0.5, 0.6) is 0 Å². The number of aryl methyl sites for hydroxylation is 2. The smallest absolute Gasteiger partial charge is 0.0149 e. The lowest BCUT2D eigenvalue weighted by Gasteiger charge is -2.18. The summed E-state index contributed by atoms with van der Waals surface area (Å²) in [6, 6.07) is 13.7. The van der Waals surface area contributed by atoms with E-state index in [0.717, 1.165) is 19.3 Å². The number of rotatable bonds is 5. The van der Waals surface area contributed by atoms with E-state index in [9.17, 15) is 0 Å². The van der Waals surface area contributed by atoms with E-state index in [-0.39, 0.29) is 0 Å². The lowest BCUT2D eigenvalue weighted by Crippen LogP contribution is -2.00. The molecule has 2 rings (SSSR count). The summed E-state index contributed by atoms with van der Waals surface area (Å²) in [6.45, 7) is 11.4. The molecule has 2 aromatic carbocycles. The standard InChI is InChI=1S/C21H28/c1-6-16-13-18(14-17(7-2)19(16)8-3)21-12-10-9-11-20(21)15(4)5/h9-15H,6-8H2,1-5H3. The van der Waals surface area contributed by atoms with Crippen molar-refractivity contribution >= 4 is 0 Å². The van der Waals surface area contributed by atoms with Crippen LogP contribution in [0.3, 0.4) is 0 Å². The van der Waals surface area contributed by atoms with Gasteiger partial charge in [0, 0.05) is 0 Å². The van der Waals surface area contributed by atoms with Gasteiger partial charge in [-0.15, -0.1) is 0 Å². The molecule has 0 amide bonds. The molecule has 0 fully saturated rings. The molecule has 21 heavy (non-hydrogen) atoms. The predicted molar refractivity (Wildman–Crippen MR) is 94.1 cm³/mol. The highest BCUT2D eigenvalue weighted by atomic mass is 14.2. The largest absolute Gasteiger partial charge is 0.0619 e. The van der Waals surface area contributed by atoms with Gasteiger partial charge in [0.15, 0.2) is 0 Å². The van der Waals surface area contributed by atoms with Crippen LogP contribution in [0, 0.1) is 0 Å². The molecule has 0 aliphatic heterocycles. The Morgan fingerprint density at radius 2 is 1.38 bits per heavy atom. The quantitative estimate of drug-likeness (QED) is 0.615. The molecule has 2 aromatic rings. The average Bonchev–Trinajstić information content (AvgIpc) is 2.53. The van der Waals surface area contributed by atoms with Gasteiger partial charge in [-0.1, -0.05) is 71.0 Å². The molecule has 0 saturated carbocycles. The first-order valence-corrected chi connectivity index (χ1v) is 8.36. The Balaban J connectivity index is 2.65. The lowest BCUT2D eigenvalue weighted by molar-refractivity contribution is 0.868. The van der Waals surface area contributed by atoms with Gasteiger partial charge in [-0.3, -0.25) is 0 Å². The van der Waals surface area contributed by atoms with Crippen LogP contribution in [-0.2, 0) is 19.3 Å². The molecule has 0 bridgehead atoms. The number of hydrogen-bond donors (Lipinski definition) is 0. The Hall–Kier alpha value is -1.56. The topological polar surface area (TPSA) is 0 Å². The second kappa shape index (κ2) is 6.93. The van der Waals surface area contributed by atoms with Gasteiger partial charge in [-0.25, -0.2) is 0 Å². The Morgan fingerprint density at radius 1 is 0.810 bits per heavy atom. The molecule has 0 N–H and O–H groups in total. The van der Waals surface area contributed by atoms with Gasteiger partial charge < -0.3 is 0 Å². The third-order valence-corrected chi connectivity index (χ3v) is 4.44. The second-order valence-electron chi connectivity index (χ2n) is 6.08. The molecule has 112 valence electrons. The van der Waals surface area contributed by atoms with Crippen molar-refractivity contribution in [2.45, 2.75) is 59.8 Å². The fourth-order valence-corrected chi connectivity index (χ4v) is 3.30. The van der Waals surface area contributed by atoms with Crippen molar-refractivity contribution in [1.29, 1.82) is 0 Å². The van der Waals surface area contributed by atoms with Crippen molar-refractivity contribution in [3.8, 4) is 11.1 Å². The van der Waals surface area contributed by atoms with Gasteiger partial charge in [0.25, 0.3) is 0 Å². The Bertz CT molecular complexity index is 580. The number of hydrogen-bond acceptors (Lipinski definition) is 0. The first-order valence-electron chi connectivity index (χ1n) is 8.36. The summed E-state index contributed by atoms with van der Waals surface area (Å²) in [7, 11) is 0. The van der Waals surface area contributed by atoms with Crippen molar-refractivity contribution in [3.63, 3.8) is 0 Å². The highest BCUT2D eigenvalue weighted by Crippen LogP contribution is 2.32. The maximum atomic E-state index is 2.42. The fourth-order valence-electron chi connectivity index (χ4n) is 3.30. The Morgan fingerprint density at radius 3 is 1.86 bits per heavy atom. The summed E-state index contributed by atoms with van der Waals surface area (Å²) in [5, 5.41) is 0. The summed E-state index contributed by atoms with van der Waals surface area (Å²) in [6.07, 6.45) is 3.38. The highest BCUT2D eigenvalue weighted by molar-refractivity contribution is 5.70. The minimum atomic E-state index is 0.558. The summed E-state index contributed by atoms with van der Waals surface area (Å²) in [5.41, 5.74) is 8.84. The average molecular weight is 280 g/mol. The van der Waals surface area contributed by atoms with Crippen molar-refractivity contribution in [2.24, 2.45) is 0 Å². The zero-order chi connectivity index (χ0) is 15.4. The zero-order valence-electron chi connectivity index (χ0n) is 14.2. The van der Waals surface area contributed by atoms with Gasteiger partial charge in [-0.2, -0.15) is 0 Å². The van der Waals surface area contributed by atoms with Crippen LogP contribution in [0.4, 0.5) is 0 Å². The van der Waals surface area contributed by atoms with Crippen LogP contribution >= 0.6 is 0 Å². The van der Waals surface area contributed by atoms with Crippen molar-refractivity contribution in [3.05, 3.63) is 58.7 Å². The second-order valence-corrected chi connectivity index (χ2v) is 6.08. The Kier molecular flexibility index (Phi) is 5.22.